The number of hydrazone groups is 1. The number of hydrogen-bond acceptors (Lipinski definition) is 8. The van der Waals surface area contributed by atoms with Crippen molar-refractivity contribution in [3.63, 3.8) is 0 Å². The fourth-order valence-corrected chi connectivity index (χ4v) is 4.96. The zero-order chi connectivity index (χ0) is 26.1. The van der Waals surface area contributed by atoms with Crippen LogP contribution in [0.1, 0.15) is 36.1 Å². The standard InChI is InChI=1S/C27H33N7O3/c1-16-6-7-20-19(15-16)17(2)25(37-20)24(22-23(28)27(36)32-31-26(22)29)30-18-8-13-34(14-9-18)21(35)5-3-10-33-11-4-12-33/h3,5-7,15,18,28,30H,4,8-14H2,1-2H3,(H2,29,31)(H,32,36)/b5-3+,24-22+,28-23?. The van der Waals surface area contributed by atoms with Crippen LogP contribution in [-0.2, 0) is 9.59 Å². The lowest BCUT2D eigenvalue weighted by atomic mass is 9.98. The molecular formula is C27H33N7O3. The highest BCUT2D eigenvalue weighted by atomic mass is 16.3. The third-order valence-corrected chi connectivity index (χ3v) is 7.31. The predicted molar refractivity (Wildman–Crippen MR) is 143 cm³/mol. The van der Waals surface area contributed by atoms with Gasteiger partial charge in [0, 0.05) is 42.7 Å². The Morgan fingerprint density at radius 3 is 2.73 bits per heavy atom. The van der Waals surface area contributed by atoms with Crippen molar-refractivity contribution in [2.24, 2.45) is 10.8 Å². The molecule has 0 radical (unpaired) electrons. The second-order valence-corrected chi connectivity index (χ2v) is 9.92. The molecule has 0 saturated carbocycles. The monoisotopic (exact) mass is 503 g/mol. The van der Waals surface area contributed by atoms with E-state index in [1.54, 1.807) is 6.08 Å². The molecule has 5 N–H and O–H groups in total. The number of nitrogens with two attached hydrogens (primary N) is 1. The van der Waals surface area contributed by atoms with E-state index in [1.807, 2.05) is 37.0 Å². The number of hydrogen-bond donors (Lipinski definition) is 4. The van der Waals surface area contributed by atoms with Gasteiger partial charge in [-0.3, -0.25) is 19.9 Å². The van der Waals surface area contributed by atoms with Gasteiger partial charge in [-0.15, -0.1) is 0 Å². The van der Waals surface area contributed by atoms with Crippen molar-refractivity contribution >= 4 is 40.0 Å². The Balaban J connectivity index is 1.38. The van der Waals surface area contributed by atoms with E-state index in [-0.39, 0.29) is 29.1 Å². The van der Waals surface area contributed by atoms with Crippen LogP contribution in [0.15, 0.2) is 45.4 Å². The Hall–Kier alpha value is -3.92. The Kier molecular flexibility index (Phi) is 6.84. The highest BCUT2D eigenvalue weighted by Crippen LogP contribution is 2.33. The molecule has 1 aromatic carbocycles. The number of amides is 2. The van der Waals surface area contributed by atoms with Gasteiger partial charge in [0.1, 0.15) is 11.3 Å². The Bertz CT molecular complexity index is 1340. The van der Waals surface area contributed by atoms with Gasteiger partial charge in [-0.05, 0) is 58.3 Å². The van der Waals surface area contributed by atoms with Crippen molar-refractivity contribution < 1.29 is 14.0 Å². The number of rotatable bonds is 6. The molecule has 10 heteroatoms. The zero-order valence-electron chi connectivity index (χ0n) is 21.3. The molecule has 37 heavy (non-hydrogen) atoms. The minimum atomic E-state index is -0.626. The average Bonchev–Trinajstić information content (AvgIpc) is 3.18. The number of benzene rings is 1. The highest BCUT2D eigenvalue weighted by molar-refractivity contribution is 6.53. The van der Waals surface area contributed by atoms with Gasteiger partial charge in [-0.2, -0.15) is 5.10 Å². The van der Waals surface area contributed by atoms with Crippen LogP contribution in [0.5, 0.6) is 0 Å². The Morgan fingerprint density at radius 2 is 2.03 bits per heavy atom. The second kappa shape index (κ2) is 10.2. The van der Waals surface area contributed by atoms with Crippen molar-refractivity contribution in [1.82, 2.24) is 20.5 Å². The van der Waals surface area contributed by atoms with Crippen molar-refractivity contribution in [2.45, 2.75) is 39.2 Å². The van der Waals surface area contributed by atoms with Gasteiger partial charge in [0.15, 0.2) is 11.6 Å². The van der Waals surface area contributed by atoms with E-state index in [2.05, 4.69) is 26.8 Å². The number of likely N-dealkylation sites (tertiary alicyclic amines) is 2. The fourth-order valence-electron chi connectivity index (χ4n) is 4.96. The molecule has 0 atom stereocenters. The van der Waals surface area contributed by atoms with Crippen LogP contribution >= 0.6 is 0 Å². The smallest absolute Gasteiger partial charge is 0.290 e. The minimum absolute atomic E-state index is 0.00319. The van der Waals surface area contributed by atoms with Gasteiger partial charge in [0.2, 0.25) is 5.91 Å². The molecule has 0 unspecified atom stereocenters. The Morgan fingerprint density at radius 1 is 1.27 bits per heavy atom. The van der Waals surface area contributed by atoms with Crippen molar-refractivity contribution in [1.29, 1.82) is 5.41 Å². The van der Waals surface area contributed by atoms with E-state index >= 15 is 0 Å². The number of aryl methyl sites for hydroxylation is 2. The van der Waals surface area contributed by atoms with Crippen molar-refractivity contribution in [3.8, 4) is 0 Å². The molecule has 2 amide bonds. The van der Waals surface area contributed by atoms with Crippen molar-refractivity contribution in [3.05, 3.63) is 52.8 Å². The van der Waals surface area contributed by atoms with Crippen LogP contribution in [0.25, 0.3) is 16.7 Å². The molecule has 0 aliphatic carbocycles. The molecule has 4 heterocycles. The number of piperidine rings is 1. The first-order chi connectivity index (χ1) is 17.8. The first-order valence-electron chi connectivity index (χ1n) is 12.7. The third-order valence-electron chi connectivity index (χ3n) is 7.31. The normalized spacial score (nSPS) is 20.7. The molecule has 2 fully saturated rings. The minimum Gasteiger partial charge on any atom is -0.454 e. The number of nitrogens with one attached hydrogen (secondary N) is 3. The Labute approximate surface area is 215 Å². The number of carbonyl (C=O) groups is 2. The van der Waals surface area contributed by atoms with Crippen LogP contribution in [0, 0.1) is 19.3 Å². The molecule has 0 bridgehead atoms. The summed E-state index contributed by atoms with van der Waals surface area (Å²) >= 11 is 0. The van der Waals surface area contributed by atoms with Crippen LogP contribution in [-0.4, -0.2) is 71.9 Å². The maximum absolute atomic E-state index is 12.6. The fraction of sp³-hybridized carbons (Fsp3) is 0.407. The van der Waals surface area contributed by atoms with E-state index in [0.717, 1.165) is 36.1 Å². The number of amidine groups is 1. The topological polar surface area (TPSA) is 140 Å². The van der Waals surface area contributed by atoms with Gasteiger partial charge in [0.05, 0.1) is 11.3 Å². The quantitative estimate of drug-likeness (QED) is 0.445. The molecule has 2 saturated heterocycles. The second-order valence-electron chi connectivity index (χ2n) is 9.92. The molecule has 194 valence electrons. The summed E-state index contributed by atoms with van der Waals surface area (Å²) < 4.78 is 6.24. The van der Waals surface area contributed by atoms with Gasteiger partial charge in [0.25, 0.3) is 5.91 Å². The molecule has 2 aromatic rings. The van der Waals surface area contributed by atoms with E-state index in [1.165, 1.54) is 6.42 Å². The first-order valence-corrected chi connectivity index (χ1v) is 12.7. The molecule has 3 aliphatic rings. The summed E-state index contributed by atoms with van der Waals surface area (Å²) in [4.78, 5) is 29.1. The van der Waals surface area contributed by atoms with Gasteiger partial charge < -0.3 is 20.4 Å². The highest BCUT2D eigenvalue weighted by Gasteiger charge is 2.32. The summed E-state index contributed by atoms with van der Waals surface area (Å²) in [6.07, 6.45) is 6.27. The molecule has 10 nitrogen and oxygen atoms in total. The van der Waals surface area contributed by atoms with Gasteiger partial charge in [-0.25, -0.2) is 5.43 Å². The van der Waals surface area contributed by atoms with E-state index in [9.17, 15) is 9.59 Å². The molecule has 0 spiro atoms. The predicted octanol–water partition coefficient (Wildman–Crippen LogP) is 2.03. The van der Waals surface area contributed by atoms with E-state index < -0.39 is 5.91 Å². The zero-order valence-corrected chi connectivity index (χ0v) is 21.3. The van der Waals surface area contributed by atoms with Crippen LogP contribution in [0.3, 0.4) is 0 Å². The van der Waals surface area contributed by atoms with Crippen LogP contribution < -0.4 is 16.5 Å². The van der Waals surface area contributed by atoms with E-state index in [0.29, 0.717) is 43.0 Å². The SMILES string of the molecule is Cc1ccc2oc(/C(NC3CCN(C(=O)/C=C/CN4CCC4)CC3)=C3/C(=N)C(=O)NN=C3N)c(C)c2c1. The number of furan rings is 1. The number of nitrogens with zero attached hydrogens (tertiary/aromatic N) is 3. The maximum atomic E-state index is 12.6. The summed E-state index contributed by atoms with van der Waals surface area (Å²) in [6.45, 7) is 8.21. The summed E-state index contributed by atoms with van der Waals surface area (Å²) in [6, 6.07) is 5.94. The molecule has 1 aromatic heterocycles. The third kappa shape index (κ3) is 5.01. The average molecular weight is 504 g/mol. The summed E-state index contributed by atoms with van der Waals surface area (Å²) in [5, 5.41) is 16.8. The lowest BCUT2D eigenvalue weighted by Crippen LogP contribution is -2.46. The summed E-state index contributed by atoms with van der Waals surface area (Å²) in [5.41, 5.74) is 11.6. The lowest BCUT2D eigenvalue weighted by Gasteiger charge is -2.33. The summed E-state index contributed by atoms with van der Waals surface area (Å²) in [7, 11) is 0. The maximum Gasteiger partial charge on any atom is 0.290 e. The van der Waals surface area contributed by atoms with Crippen LogP contribution in [0.4, 0.5) is 0 Å². The van der Waals surface area contributed by atoms with Gasteiger partial charge in [-0.1, -0.05) is 17.7 Å². The molecular weight excluding hydrogens is 470 g/mol. The van der Waals surface area contributed by atoms with Gasteiger partial charge >= 0.3 is 0 Å². The lowest BCUT2D eigenvalue weighted by molar-refractivity contribution is -0.127. The first kappa shape index (κ1) is 24.8. The largest absolute Gasteiger partial charge is 0.454 e. The molecule has 5 rings (SSSR count). The van der Waals surface area contributed by atoms with E-state index in [4.69, 9.17) is 15.6 Å². The summed E-state index contributed by atoms with van der Waals surface area (Å²) in [5.74, 6) is -0.0228. The van der Waals surface area contributed by atoms with Crippen LogP contribution in [0.2, 0.25) is 0 Å². The molecule has 3 aliphatic heterocycles. The number of fused-ring (bicyclic) bond motifs is 1. The van der Waals surface area contributed by atoms with Crippen molar-refractivity contribution in [2.75, 3.05) is 32.7 Å². The number of carbonyl (C=O) groups excluding carboxylic acids is 2.